The Bertz CT molecular complexity index is 2650. The first kappa shape index (κ1) is 41.4. The minimum Gasteiger partial charge on any atom is -0.453 e. The van der Waals surface area contributed by atoms with Crippen molar-refractivity contribution in [2.45, 2.75) is 70.1 Å². The Balaban J connectivity index is 0.882. The van der Waals surface area contributed by atoms with Crippen LogP contribution in [0.5, 0.6) is 0 Å². The van der Waals surface area contributed by atoms with E-state index in [2.05, 4.69) is 81.3 Å². The van der Waals surface area contributed by atoms with Crippen LogP contribution in [0.2, 0.25) is 0 Å². The second-order valence-corrected chi connectivity index (χ2v) is 17.4. The highest BCUT2D eigenvalue weighted by Gasteiger charge is 2.55. The number of hydrogen-bond donors (Lipinski definition) is 4. The van der Waals surface area contributed by atoms with E-state index in [1.54, 1.807) is 4.90 Å². The van der Waals surface area contributed by atoms with Crippen molar-refractivity contribution in [3.63, 3.8) is 0 Å². The number of benzene rings is 4. The maximum Gasteiger partial charge on any atom is 0.407 e. The summed E-state index contributed by atoms with van der Waals surface area (Å²) in [5, 5.41) is 7.65. The standard InChI is InChI=1S/C49H52N8O6/c1-29(2)41(54-47(60)62-3)45(58)57-28-49(20-21-49)25-40(57)44-51-26-37(52-44)31-14-12-30(13-15-31)33-16-17-35-24-36(19-18-34(35)23-33)38-27-50-43(53-38)39-11-8-22-56(39)46(59)42(55-48(61)63-4)32-9-6-5-7-10-32/h5-7,9-10,12-19,23-24,26-27,29,39-42H,8,11,20-22,25,28H2,1-4H3,(H,50,53)(H,51,52)(H,54,60)(H,55,61)/t39-,40-,41-,42+/m0/s1. The van der Waals surface area contributed by atoms with Crippen molar-refractivity contribution in [2.24, 2.45) is 11.3 Å². The minimum absolute atomic E-state index is 0.107. The molecule has 3 fully saturated rings. The van der Waals surface area contributed by atoms with Crippen molar-refractivity contribution >= 4 is 34.8 Å². The summed E-state index contributed by atoms with van der Waals surface area (Å²) in [5.74, 6) is 1.03. The number of H-pyrrole nitrogens is 2. The van der Waals surface area contributed by atoms with Gasteiger partial charge in [0.2, 0.25) is 5.91 Å². The molecule has 324 valence electrons. The first-order valence-electron chi connectivity index (χ1n) is 21.6. The Hall–Kier alpha value is -6.96. The van der Waals surface area contributed by atoms with E-state index < -0.39 is 24.3 Å². The average molecular weight is 849 g/mol. The lowest BCUT2D eigenvalue weighted by molar-refractivity contribution is -0.136. The van der Waals surface area contributed by atoms with Crippen molar-refractivity contribution < 1.29 is 28.7 Å². The quantitative estimate of drug-likeness (QED) is 0.100. The fraction of sp³-hybridized carbons (Fsp3) is 0.347. The number of likely N-dealkylation sites (tertiary alicyclic amines) is 2. The minimum atomic E-state index is -0.881. The molecule has 63 heavy (non-hydrogen) atoms. The fourth-order valence-corrected chi connectivity index (χ4v) is 9.28. The molecule has 4 aromatic carbocycles. The highest BCUT2D eigenvalue weighted by atomic mass is 16.5. The molecule has 4 heterocycles. The topological polar surface area (TPSA) is 175 Å². The number of aromatic nitrogens is 4. The third-order valence-corrected chi connectivity index (χ3v) is 13.0. The van der Waals surface area contributed by atoms with Gasteiger partial charge in [-0.05, 0) is 88.6 Å². The number of nitrogens with zero attached hydrogens (tertiary/aromatic N) is 4. The van der Waals surface area contributed by atoms with Gasteiger partial charge in [0, 0.05) is 18.7 Å². The zero-order chi connectivity index (χ0) is 43.8. The molecule has 3 aliphatic rings. The van der Waals surface area contributed by atoms with Crippen LogP contribution >= 0.6 is 0 Å². The molecule has 1 spiro atoms. The number of methoxy groups -OCH3 is 2. The van der Waals surface area contributed by atoms with Gasteiger partial charge in [0.25, 0.3) is 5.91 Å². The van der Waals surface area contributed by atoms with E-state index in [0.29, 0.717) is 24.5 Å². The number of imidazole rings is 2. The van der Waals surface area contributed by atoms with E-state index in [9.17, 15) is 19.2 Å². The maximum atomic E-state index is 14.0. The Morgan fingerprint density at radius 3 is 1.94 bits per heavy atom. The number of ether oxygens (including phenoxy) is 2. The summed E-state index contributed by atoms with van der Waals surface area (Å²) in [4.78, 5) is 72.5. The summed E-state index contributed by atoms with van der Waals surface area (Å²) in [5.41, 5.74) is 6.68. The summed E-state index contributed by atoms with van der Waals surface area (Å²) in [6.07, 6.45) is 6.96. The number of hydrogen-bond acceptors (Lipinski definition) is 8. The number of carbonyl (C=O) groups is 4. The van der Waals surface area contributed by atoms with Gasteiger partial charge in [0.1, 0.15) is 23.7 Å². The molecule has 9 rings (SSSR count). The van der Waals surface area contributed by atoms with E-state index in [-0.39, 0.29) is 35.2 Å². The molecular formula is C49H52N8O6. The van der Waals surface area contributed by atoms with Crippen LogP contribution in [0.25, 0.3) is 44.4 Å². The van der Waals surface area contributed by atoms with Crippen LogP contribution in [0, 0.1) is 11.3 Å². The Kier molecular flexibility index (Phi) is 11.2. The molecule has 2 aromatic heterocycles. The van der Waals surface area contributed by atoms with E-state index in [1.807, 2.05) is 61.5 Å². The summed E-state index contributed by atoms with van der Waals surface area (Å²) >= 11 is 0. The monoisotopic (exact) mass is 848 g/mol. The Labute approximate surface area is 365 Å². The molecule has 0 unspecified atom stereocenters. The van der Waals surface area contributed by atoms with Gasteiger partial charge >= 0.3 is 12.2 Å². The third-order valence-electron chi connectivity index (χ3n) is 13.0. The van der Waals surface area contributed by atoms with Crippen LogP contribution in [0.3, 0.4) is 0 Å². The maximum absolute atomic E-state index is 14.0. The van der Waals surface area contributed by atoms with Crippen LogP contribution in [-0.4, -0.2) is 87.1 Å². The molecule has 14 nitrogen and oxygen atoms in total. The smallest absolute Gasteiger partial charge is 0.407 e. The largest absolute Gasteiger partial charge is 0.453 e. The molecule has 4 N–H and O–H groups in total. The normalized spacial score (nSPS) is 18.7. The molecule has 2 aliphatic heterocycles. The van der Waals surface area contributed by atoms with E-state index in [4.69, 9.17) is 19.4 Å². The number of fused-ring (bicyclic) bond motifs is 1. The zero-order valence-electron chi connectivity index (χ0n) is 35.9. The first-order valence-corrected chi connectivity index (χ1v) is 21.6. The number of carbonyl (C=O) groups excluding carboxylic acids is 4. The summed E-state index contributed by atoms with van der Waals surface area (Å²) in [6.45, 7) is 5.06. The predicted molar refractivity (Wildman–Crippen MR) is 238 cm³/mol. The highest BCUT2D eigenvalue weighted by molar-refractivity contribution is 5.91. The van der Waals surface area contributed by atoms with Gasteiger partial charge in [-0.25, -0.2) is 19.6 Å². The van der Waals surface area contributed by atoms with Gasteiger partial charge in [0.15, 0.2) is 0 Å². The van der Waals surface area contributed by atoms with E-state index >= 15 is 0 Å². The zero-order valence-corrected chi connectivity index (χ0v) is 35.9. The first-order chi connectivity index (χ1) is 30.5. The molecular weight excluding hydrogens is 797 g/mol. The van der Waals surface area contributed by atoms with Gasteiger partial charge in [-0.3, -0.25) is 9.59 Å². The fourth-order valence-electron chi connectivity index (χ4n) is 9.28. The number of amides is 4. The lowest BCUT2D eigenvalue weighted by Crippen LogP contribution is -2.51. The van der Waals surface area contributed by atoms with Crippen molar-refractivity contribution in [1.82, 2.24) is 40.4 Å². The molecule has 2 saturated heterocycles. The average Bonchev–Trinajstić information content (AvgIpc) is 3.85. The molecule has 6 aromatic rings. The number of nitrogens with one attached hydrogen (secondary N) is 4. The second-order valence-electron chi connectivity index (χ2n) is 17.4. The summed E-state index contributed by atoms with van der Waals surface area (Å²) in [6, 6.07) is 28.3. The van der Waals surface area contributed by atoms with Gasteiger partial charge in [-0.1, -0.05) is 92.7 Å². The number of alkyl carbamates (subject to hydrolysis) is 2. The van der Waals surface area contributed by atoms with Gasteiger partial charge in [-0.15, -0.1) is 0 Å². The van der Waals surface area contributed by atoms with E-state index in [1.165, 1.54) is 14.2 Å². The van der Waals surface area contributed by atoms with Crippen LogP contribution in [-0.2, 0) is 19.1 Å². The lowest BCUT2D eigenvalue weighted by atomic mass is 9.98. The Morgan fingerprint density at radius 2 is 1.29 bits per heavy atom. The SMILES string of the molecule is COC(=O)N[C@H](C(=O)N1CC2(CC2)C[C@H]1c1ncc(-c2ccc(-c3ccc4cc(-c5cnc([C@@H]6CCCN6C(=O)[C@H](NC(=O)OC)c6ccccc6)[nH]5)ccc4c3)cc2)[nH]1)C(C)C. The van der Waals surface area contributed by atoms with Crippen molar-refractivity contribution in [1.29, 1.82) is 0 Å². The van der Waals surface area contributed by atoms with Gasteiger partial charge in [0.05, 0.1) is 50.1 Å². The van der Waals surface area contributed by atoms with Crippen molar-refractivity contribution in [3.05, 3.63) is 121 Å². The van der Waals surface area contributed by atoms with Gasteiger partial charge in [-0.2, -0.15) is 0 Å². The predicted octanol–water partition coefficient (Wildman–Crippen LogP) is 8.48. The van der Waals surface area contributed by atoms with Crippen LogP contribution in [0.1, 0.15) is 81.3 Å². The van der Waals surface area contributed by atoms with E-state index in [0.717, 1.165) is 82.3 Å². The molecule has 0 bridgehead atoms. The van der Waals surface area contributed by atoms with Crippen LogP contribution in [0.15, 0.2) is 103 Å². The molecule has 0 radical (unpaired) electrons. The molecule has 14 heteroatoms. The number of aromatic amines is 2. The van der Waals surface area contributed by atoms with Crippen molar-refractivity contribution in [2.75, 3.05) is 27.3 Å². The van der Waals surface area contributed by atoms with Crippen LogP contribution in [0.4, 0.5) is 9.59 Å². The molecule has 4 amide bonds. The Morgan fingerprint density at radius 1 is 0.698 bits per heavy atom. The summed E-state index contributed by atoms with van der Waals surface area (Å²) < 4.78 is 9.66. The third kappa shape index (κ3) is 8.37. The second kappa shape index (κ2) is 17.1. The van der Waals surface area contributed by atoms with Crippen LogP contribution < -0.4 is 10.6 Å². The highest BCUT2D eigenvalue weighted by Crippen LogP contribution is 2.58. The van der Waals surface area contributed by atoms with Crippen molar-refractivity contribution in [3.8, 4) is 33.6 Å². The molecule has 1 aliphatic carbocycles. The molecule has 1 saturated carbocycles. The van der Waals surface area contributed by atoms with Gasteiger partial charge < -0.3 is 39.9 Å². The lowest BCUT2D eigenvalue weighted by Gasteiger charge is -2.30. The number of rotatable bonds is 11. The summed E-state index contributed by atoms with van der Waals surface area (Å²) in [7, 11) is 2.59. The molecule has 4 atom stereocenters.